The molecule has 2 aromatic rings. The van der Waals surface area contributed by atoms with Gasteiger partial charge in [0.1, 0.15) is 5.76 Å². The second kappa shape index (κ2) is 4.66. The zero-order valence-corrected chi connectivity index (χ0v) is 13.4. The number of aryl methyl sites for hydroxylation is 1. The van der Waals surface area contributed by atoms with Crippen molar-refractivity contribution in [3.8, 4) is 11.3 Å². The van der Waals surface area contributed by atoms with Gasteiger partial charge in [-0.15, -0.1) is 0 Å². The first-order valence-electron chi connectivity index (χ1n) is 7.93. The highest BCUT2D eigenvalue weighted by Crippen LogP contribution is 2.45. The van der Waals surface area contributed by atoms with Gasteiger partial charge in [0.25, 0.3) is 0 Å². The molecule has 0 bridgehead atoms. The van der Waals surface area contributed by atoms with E-state index in [-0.39, 0.29) is 0 Å². The number of carbonyl (C=O) groups is 3. The van der Waals surface area contributed by atoms with Crippen molar-refractivity contribution in [3.05, 3.63) is 46.2 Å². The summed E-state index contributed by atoms with van der Waals surface area (Å²) in [6.45, 7) is 3.41. The molecular formula is C19H16O5. The van der Waals surface area contributed by atoms with Gasteiger partial charge >= 0.3 is 5.97 Å². The minimum Gasteiger partial charge on any atom is -0.481 e. The molecule has 0 radical (unpaired) electrons. The minimum absolute atomic E-state index is 0.323. The van der Waals surface area contributed by atoms with Gasteiger partial charge in [-0.25, -0.2) is 0 Å². The number of carbonyl (C=O) groups excluding carboxylic acids is 2. The summed E-state index contributed by atoms with van der Waals surface area (Å²) in [7, 11) is 0. The Balaban J connectivity index is 2.05. The quantitative estimate of drug-likeness (QED) is 0.814. The zero-order valence-electron chi connectivity index (χ0n) is 13.4. The highest BCUT2D eigenvalue weighted by Gasteiger charge is 2.43. The van der Waals surface area contributed by atoms with Crippen LogP contribution < -0.4 is 0 Å². The molecule has 122 valence electrons. The van der Waals surface area contributed by atoms with Gasteiger partial charge in [0.05, 0.1) is 17.2 Å². The number of rotatable bonds is 1. The Bertz CT molecular complexity index is 933. The van der Waals surface area contributed by atoms with Crippen LogP contribution in [-0.4, -0.2) is 22.6 Å². The topological polar surface area (TPSA) is 84.6 Å². The van der Waals surface area contributed by atoms with E-state index in [1.165, 1.54) is 6.26 Å². The van der Waals surface area contributed by atoms with Crippen molar-refractivity contribution >= 4 is 17.5 Å². The number of Topliss-reactive ketones (excluding diaryl/α,β-unsaturated/α-hetero) is 2. The van der Waals surface area contributed by atoms with E-state index in [1.54, 1.807) is 26.0 Å². The van der Waals surface area contributed by atoms with Gasteiger partial charge < -0.3 is 9.52 Å². The maximum absolute atomic E-state index is 12.7. The summed E-state index contributed by atoms with van der Waals surface area (Å²) < 4.78 is 5.53. The standard InChI is InChI=1S/C19H16O5/c1-9-8-24-17-11-5-6-12-10(4-3-7-19(12,2)18(22)23)14(11)16(21)15(20)13(9)17/h5-6,8H,3-4,7H2,1-2H3,(H,22,23). The number of carboxylic acids is 1. The Morgan fingerprint density at radius 1 is 1.21 bits per heavy atom. The second-order valence-electron chi connectivity index (χ2n) is 6.79. The lowest BCUT2D eigenvalue weighted by Crippen LogP contribution is -2.37. The van der Waals surface area contributed by atoms with Gasteiger partial charge in [-0.1, -0.05) is 12.1 Å². The molecule has 0 amide bonds. The van der Waals surface area contributed by atoms with Crippen molar-refractivity contribution in [1.29, 1.82) is 0 Å². The van der Waals surface area contributed by atoms with Gasteiger partial charge in [0.15, 0.2) is 0 Å². The van der Waals surface area contributed by atoms with Crippen molar-refractivity contribution in [3.63, 3.8) is 0 Å². The number of furan rings is 1. The molecule has 1 aromatic carbocycles. The van der Waals surface area contributed by atoms with Gasteiger partial charge in [-0.05, 0) is 49.8 Å². The van der Waals surface area contributed by atoms with Crippen LogP contribution in [0.1, 0.15) is 57.2 Å². The molecule has 2 aliphatic rings. The monoisotopic (exact) mass is 324 g/mol. The Kier molecular flexibility index (Phi) is 2.89. The molecule has 5 heteroatoms. The fraction of sp³-hybridized carbons (Fsp3) is 0.316. The van der Waals surface area contributed by atoms with E-state index in [2.05, 4.69) is 0 Å². The normalized spacial score (nSPS) is 21.9. The Labute approximate surface area is 138 Å². The molecule has 2 aliphatic carbocycles. The van der Waals surface area contributed by atoms with E-state index in [4.69, 9.17) is 4.42 Å². The van der Waals surface area contributed by atoms with Crippen molar-refractivity contribution in [2.24, 2.45) is 0 Å². The molecule has 1 aromatic heterocycles. The SMILES string of the molecule is Cc1coc2c1C(=O)C(=O)c1c-2ccc2c1CCCC2(C)C(=O)O. The fourth-order valence-corrected chi connectivity index (χ4v) is 4.00. The van der Waals surface area contributed by atoms with Crippen LogP contribution in [0.15, 0.2) is 22.8 Å². The molecule has 4 rings (SSSR count). The summed E-state index contributed by atoms with van der Waals surface area (Å²) >= 11 is 0. The molecule has 24 heavy (non-hydrogen) atoms. The molecule has 1 atom stereocenters. The average Bonchev–Trinajstić information content (AvgIpc) is 2.94. The van der Waals surface area contributed by atoms with Gasteiger partial charge in [0, 0.05) is 11.1 Å². The largest absolute Gasteiger partial charge is 0.481 e. The maximum atomic E-state index is 12.7. The van der Waals surface area contributed by atoms with Crippen LogP contribution in [-0.2, 0) is 16.6 Å². The molecule has 0 aliphatic heterocycles. The molecule has 0 spiro atoms. The zero-order chi connectivity index (χ0) is 17.2. The summed E-state index contributed by atoms with van der Waals surface area (Å²) in [5.41, 5.74) is 2.16. The van der Waals surface area contributed by atoms with Crippen LogP contribution in [0.2, 0.25) is 0 Å². The van der Waals surface area contributed by atoms with Crippen LogP contribution in [0.3, 0.4) is 0 Å². The maximum Gasteiger partial charge on any atom is 0.313 e. The van der Waals surface area contributed by atoms with E-state index in [0.29, 0.717) is 58.4 Å². The number of benzene rings is 1. The van der Waals surface area contributed by atoms with Gasteiger partial charge in [0.2, 0.25) is 11.6 Å². The molecule has 5 nitrogen and oxygen atoms in total. The number of hydrogen-bond donors (Lipinski definition) is 1. The van der Waals surface area contributed by atoms with Crippen molar-refractivity contribution in [2.45, 2.75) is 38.5 Å². The van der Waals surface area contributed by atoms with Crippen LogP contribution in [0, 0.1) is 6.92 Å². The van der Waals surface area contributed by atoms with E-state index in [9.17, 15) is 19.5 Å². The third-order valence-electron chi connectivity index (χ3n) is 5.36. The first kappa shape index (κ1) is 14.9. The molecule has 1 unspecified atom stereocenters. The Hall–Kier alpha value is -2.69. The van der Waals surface area contributed by atoms with Crippen molar-refractivity contribution in [1.82, 2.24) is 0 Å². The molecule has 0 saturated carbocycles. The van der Waals surface area contributed by atoms with E-state index in [0.717, 1.165) is 0 Å². The third-order valence-corrected chi connectivity index (χ3v) is 5.36. The van der Waals surface area contributed by atoms with Crippen molar-refractivity contribution in [2.75, 3.05) is 0 Å². The Morgan fingerprint density at radius 2 is 1.92 bits per heavy atom. The highest BCUT2D eigenvalue weighted by molar-refractivity contribution is 6.53. The molecular weight excluding hydrogens is 308 g/mol. The lowest BCUT2D eigenvalue weighted by Gasteiger charge is -2.34. The summed E-state index contributed by atoms with van der Waals surface area (Å²) in [6, 6.07) is 3.49. The second-order valence-corrected chi connectivity index (χ2v) is 6.79. The van der Waals surface area contributed by atoms with Crippen LogP contribution in [0.5, 0.6) is 0 Å². The average molecular weight is 324 g/mol. The lowest BCUT2D eigenvalue weighted by molar-refractivity contribution is -0.143. The number of fused-ring (bicyclic) bond motifs is 5. The summed E-state index contributed by atoms with van der Waals surface area (Å²) in [5.74, 6) is -1.63. The summed E-state index contributed by atoms with van der Waals surface area (Å²) in [4.78, 5) is 37.0. The summed E-state index contributed by atoms with van der Waals surface area (Å²) in [6.07, 6.45) is 3.25. The number of hydrogen-bond acceptors (Lipinski definition) is 4. The predicted molar refractivity (Wildman–Crippen MR) is 85.5 cm³/mol. The van der Waals surface area contributed by atoms with E-state index >= 15 is 0 Å². The smallest absolute Gasteiger partial charge is 0.313 e. The van der Waals surface area contributed by atoms with Crippen LogP contribution >= 0.6 is 0 Å². The van der Waals surface area contributed by atoms with Gasteiger partial charge in [-0.2, -0.15) is 0 Å². The highest BCUT2D eigenvalue weighted by atomic mass is 16.4. The van der Waals surface area contributed by atoms with Crippen molar-refractivity contribution < 1.29 is 23.9 Å². The molecule has 0 saturated heterocycles. The molecule has 1 heterocycles. The molecule has 1 N–H and O–H groups in total. The minimum atomic E-state index is -1.04. The van der Waals surface area contributed by atoms with E-state index in [1.807, 2.05) is 0 Å². The fourth-order valence-electron chi connectivity index (χ4n) is 4.00. The third kappa shape index (κ3) is 1.67. The number of carboxylic acid groups (broad SMARTS) is 1. The first-order valence-corrected chi connectivity index (χ1v) is 7.93. The summed E-state index contributed by atoms with van der Waals surface area (Å²) in [5, 5.41) is 9.66. The number of ketones is 2. The predicted octanol–water partition coefficient (Wildman–Crippen LogP) is 3.31. The first-order chi connectivity index (χ1) is 11.4. The van der Waals surface area contributed by atoms with Crippen LogP contribution in [0.25, 0.3) is 11.3 Å². The lowest BCUT2D eigenvalue weighted by atomic mass is 9.68. The Morgan fingerprint density at radius 3 is 2.62 bits per heavy atom. The molecule has 0 fully saturated rings. The van der Waals surface area contributed by atoms with Crippen LogP contribution in [0.4, 0.5) is 0 Å². The van der Waals surface area contributed by atoms with Gasteiger partial charge in [-0.3, -0.25) is 14.4 Å². The van der Waals surface area contributed by atoms with E-state index < -0.39 is 23.0 Å². The number of aliphatic carboxylic acids is 1.